The maximum Gasteiger partial charge on any atom is 0.422 e. The number of halogens is 6. The number of hydrogen-bond acceptors (Lipinski definition) is 3. The van der Waals surface area contributed by atoms with Crippen molar-refractivity contribution >= 4 is 6.09 Å². The Kier molecular flexibility index (Phi) is 5.52. The van der Waals surface area contributed by atoms with E-state index in [-0.39, 0.29) is 4.90 Å². The topological polar surface area (TPSA) is 49.8 Å². The maximum atomic E-state index is 11.9. The van der Waals surface area contributed by atoms with Crippen LogP contribution in [0, 0.1) is 0 Å². The number of nitrogens with zero attached hydrogens (tertiary/aromatic N) is 1. The summed E-state index contributed by atoms with van der Waals surface area (Å²) in [6.45, 7) is -5.36. The predicted molar refractivity (Wildman–Crippen MR) is 42.1 cm³/mol. The Bertz CT molecular complexity index is 251. The smallest absolute Gasteiger partial charge is 0.422 e. The second kappa shape index (κ2) is 5.94. The van der Waals surface area contributed by atoms with Crippen LogP contribution in [0.25, 0.3) is 0 Å². The highest BCUT2D eigenvalue weighted by Crippen LogP contribution is 2.18. The highest BCUT2D eigenvalue weighted by Gasteiger charge is 2.35. The molecule has 4 nitrogen and oxygen atoms in total. The van der Waals surface area contributed by atoms with Crippen molar-refractivity contribution in [3.05, 3.63) is 0 Å². The first-order valence-corrected chi connectivity index (χ1v) is 4.21. The maximum absolute atomic E-state index is 11.9. The molecule has 0 saturated carbocycles. The minimum absolute atomic E-state index is 0.0637. The van der Waals surface area contributed by atoms with Gasteiger partial charge < -0.3 is 9.84 Å². The van der Waals surface area contributed by atoms with Crippen LogP contribution in [0.1, 0.15) is 0 Å². The summed E-state index contributed by atoms with van der Waals surface area (Å²) in [5, 5.41) is 8.37. The van der Waals surface area contributed by atoms with Crippen molar-refractivity contribution in [2.45, 2.75) is 12.4 Å². The molecule has 0 rings (SSSR count). The monoisotopic (exact) mass is 269 g/mol. The molecule has 0 atom stereocenters. The molecule has 1 N–H and O–H groups in total. The van der Waals surface area contributed by atoms with Crippen molar-refractivity contribution in [2.75, 3.05) is 26.3 Å². The number of rotatable bonds is 4. The van der Waals surface area contributed by atoms with Gasteiger partial charge in [-0.2, -0.15) is 26.3 Å². The summed E-state index contributed by atoms with van der Waals surface area (Å²) in [6.07, 6.45) is -11.4. The molecule has 0 aliphatic rings. The summed E-state index contributed by atoms with van der Waals surface area (Å²) in [4.78, 5) is 10.8. The van der Waals surface area contributed by atoms with E-state index in [1.54, 1.807) is 0 Å². The summed E-state index contributed by atoms with van der Waals surface area (Å²) in [5.41, 5.74) is 0. The Morgan fingerprint density at radius 2 is 1.65 bits per heavy atom. The van der Waals surface area contributed by atoms with Crippen molar-refractivity contribution < 1.29 is 41.0 Å². The quantitative estimate of drug-likeness (QED) is 0.788. The number of carbonyl (C=O) groups excluding carboxylic acids is 1. The molecule has 0 spiro atoms. The van der Waals surface area contributed by atoms with Crippen molar-refractivity contribution in [1.82, 2.24) is 4.90 Å². The van der Waals surface area contributed by atoms with Gasteiger partial charge in [0.2, 0.25) is 0 Å². The van der Waals surface area contributed by atoms with Crippen molar-refractivity contribution in [3.8, 4) is 0 Å². The summed E-state index contributed by atoms with van der Waals surface area (Å²) >= 11 is 0. The number of ether oxygens (including phenoxy) is 1. The third-order valence-corrected chi connectivity index (χ3v) is 1.36. The number of alkyl halides is 6. The Balaban J connectivity index is 4.35. The molecule has 0 aromatic carbocycles. The molecule has 10 heteroatoms. The average Bonchev–Trinajstić information content (AvgIpc) is 2.10. The second-order valence-electron chi connectivity index (χ2n) is 2.93. The standard InChI is InChI=1S/C7H9F6NO3/c8-6(9,10)3-14(1-2-15)5(16)17-4-7(11,12)13/h15H,1-4H2. The number of aliphatic hydroxyl groups is 1. The third kappa shape index (κ3) is 8.60. The zero-order chi connectivity index (χ0) is 13.7. The Morgan fingerprint density at radius 1 is 1.12 bits per heavy atom. The average molecular weight is 269 g/mol. The minimum atomic E-state index is -4.82. The van der Waals surface area contributed by atoms with E-state index < -0.39 is 44.7 Å². The van der Waals surface area contributed by atoms with Gasteiger partial charge in [0.15, 0.2) is 6.61 Å². The minimum Gasteiger partial charge on any atom is -0.440 e. The van der Waals surface area contributed by atoms with Crippen LogP contribution in [-0.2, 0) is 4.74 Å². The van der Waals surface area contributed by atoms with E-state index in [1.807, 2.05) is 0 Å². The lowest BCUT2D eigenvalue weighted by atomic mass is 10.5. The van der Waals surface area contributed by atoms with Crippen molar-refractivity contribution in [1.29, 1.82) is 0 Å². The Labute approximate surface area is 91.8 Å². The molecule has 0 aliphatic heterocycles. The summed E-state index contributed by atoms with van der Waals surface area (Å²) in [5.74, 6) is 0. The van der Waals surface area contributed by atoms with E-state index in [0.717, 1.165) is 0 Å². The molecule has 0 unspecified atom stereocenters. The van der Waals surface area contributed by atoms with E-state index in [4.69, 9.17) is 5.11 Å². The van der Waals surface area contributed by atoms with Crippen LogP contribution in [0.15, 0.2) is 0 Å². The molecule has 0 bridgehead atoms. The van der Waals surface area contributed by atoms with E-state index in [1.165, 1.54) is 0 Å². The molecule has 102 valence electrons. The van der Waals surface area contributed by atoms with Crippen LogP contribution in [0.4, 0.5) is 31.1 Å². The fraction of sp³-hybridized carbons (Fsp3) is 0.857. The lowest BCUT2D eigenvalue weighted by Gasteiger charge is -2.22. The zero-order valence-corrected chi connectivity index (χ0v) is 8.31. The van der Waals surface area contributed by atoms with Gasteiger partial charge in [-0.25, -0.2) is 4.79 Å². The van der Waals surface area contributed by atoms with Gasteiger partial charge in [-0.15, -0.1) is 0 Å². The predicted octanol–water partition coefficient (Wildman–Crippen LogP) is 1.54. The Hall–Kier alpha value is -1.19. The molecule has 0 fully saturated rings. The van der Waals surface area contributed by atoms with Crippen molar-refractivity contribution in [3.63, 3.8) is 0 Å². The summed E-state index contributed by atoms with van der Waals surface area (Å²) in [6, 6.07) is 0. The van der Waals surface area contributed by atoms with E-state index >= 15 is 0 Å². The van der Waals surface area contributed by atoms with Gasteiger partial charge in [0.05, 0.1) is 6.61 Å². The van der Waals surface area contributed by atoms with E-state index in [0.29, 0.717) is 0 Å². The lowest BCUT2D eigenvalue weighted by molar-refractivity contribution is -0.168. The zero-order valence-electron chi connectivity index (χ0n) is 8.31. The summed E-state index contributed by atoms with van der Waals surface area (Å²) < 4.78 is 74.3. The van der Waals surface area contributed by atoms with Gasteiger partial charge in [0.25, 0.3) is 0 Å². The molecule has 0 aliphatic carbocycles. The fourth-order valence-electron chi connectivity index (χ4n) is 0.807. The van der Waals surface area contributed by atoms with Gasteiger partial charge in [-0.3, -0.25) is 4.90 Å². The van der Waals surface area contributed by atoms with Crippen LogP contribution >= 0.6 is 0 Å². The largest absolute Gasteiger partial charge is 0.440 e. The summed E-state index contributed by atoms with van der Waals surface area (Å²) in [7, 11) is 0. The van der Waals surface area contributed by atoms with Gasteiger partial charge in [-0.05, 0) is 0 Å². The van der Waals surface area contributed by atoms with Crippen LogP contribution in [0.2, 0.25) is 0 Å². The van der Waals surface area contributed by atoms with Crippen LogP contribution in [0.3, 0.4) is 0 Å². The van der Waals surface area contributed by atoms with Gasteiger partial charge in [-0.1, -0.05) is 0 Å². The molecule has 1 amide bonds. The van der Waals surface area contributed by atoms with E-state index in [2.05, 4.69) is 4.74 Å². The van der Waals surface area contributed by atoms with Crippen molar-refractivity contribution in [2.24, 2.45) is 0 Å². The molecular weight excluding hydrogens is 260 g/mol. The molecule has 0 saturated heterocycles. The molecular formula is C7H9F6NO3. The first-order chi connectivity index (χ1) is 7.55. The molecule has 17 heavy (non-hydrogen) atoms. The Morgan fingerprint density at radius 3 is 2.00 bits per heavy atom. The first-order valence-electron chi connectivity index (χ1n) is 4.21. The van der Waals surface area contributed by atoms with Gasteiger partial charge in [0, 0.05) is 6.54 Å². The normalized spacial score (nSPS) is 12.4. The molecule has 0 aromatic heterocycles. The molecule has 0 aromatic rings. The lowest BCUT2D eigenvalue weighted by Crippen LogP contribution is -2.42. The number of amides is 1. The van der Waals surface area contributed by atoms with Gasteiger partial charge in [0.1, 0.15) is 6.54 Å². The second-order valence-corrected chi connectivity index (χ2v) is 2.93. The highest BCUT2D eigenvalue weighted by atomic mass is 19.4. The highest BCUT2D eigenvalue weighted by molar-refractivity contribution is 5.67. The molecule has 0 radical (unpaired) electrons. The number of aliphatic hydroxyl groups excluding tert-OH is 1. The van der Waals surface area contributed by atoms with Crippen LogP contribution < -0.4 is 0 Å². The van der Waals surface area contributed by atoms with Crippen LogP contribution in [-0.4, -0.2) is 54.8 Å². The number of hydrogen-bond donors (Lipinski definition) is 1. The SMILES string of the molecule is O=C(OCC(F)(F)F)N(CCO)CC(F)(F)F. The fourth-order valence-corrected chi connectivity index (χ4v) is 0.807. The third-order valence-electron chi connectivity index (χ3n) is 1.36. The van der Waals surface area contributed by atoms with Gasteiger partial charge >= 0.3 is 18.4 Å². The first kappa shape index (κ1) is 15.8. The van der Waals surface area contributed by atoms with Crippen LogP contribution in [0.5, 0.6) is 0 Å². The number of carbonyl (C=O) groups is 1. The van der Waals surface area contributed by atoms with E-state index in [9.17, 15) is 31.1 Å². The molecule has 0 heterocycles.